The average molecular weight is 303 g/mol. The van der Waals surface area contributed by atoms with Crippen LogP contribution in [0.3, 0.4) is 0 Å². The van der Waals surface area contributed by atoms with Gasteiger partial charge in [-0.1, -0.05) is 6.92 Å². The molecule has 0 radical (unpaired) electrons. The van der Waals surface area contributed by atoms with E-state index in [1.54, 1.807) is 18.5 Å². The first kappa shape index (κ1) is 15.0. The fourth-order valence-corrected chi connectivity index (χ4v) is 2.12. The fraction of sp³-hybridized carbons (Fsp3) is 0.308. The highest BCUT2D eigenvalue weighted by atomic mass is 32.2. The lowest BCUT2D eigenvalue weighted by molar-refractivity contribution is 0.0931. The maximum absolute atomic E-state index is 12.0. The number of nitrogens with zero attached hydrogens (tertiary/aromatic N) is 4. The van der Waals surface area contributed by atoms with Gasteiger partial charge in [-0.25, -0.2) is 9.97 Å². The minimum Gasteiger partial charge on any atom is -0.439 e. The van der Waals surface area contributed by atoms with Crippen molar-refractivity contribution in [2.24, 2.45) is 0 Å². The molecule has 1 unspecified atom stereocenters. The molecule has 0 aliphatic heterocycles. The summed E-state index contributed by atoms with van der Waals surface area (Å²) in [6, 6.07) is 3.55. The van der Waals surface area contributed by atoms with Crippen LogP contribution in [0.25, 0.3) is 0 Å². The monoisotopic (exact) mass is 303 g/mol. The SMILES string of the molecule is CCC(CC#N)NC(=O)c1coc(Sc2ncccn2)n1. The zero-order valence-corrected chi connectivity index (χ0v) is 12.1. The van der Waals surface area contributed by atoms with E-state index in [1.807, 2.05) is 13.0 Å². The molecule has 2 aromatic heterocycles. The molecule has 7 nitrogen and oxygen atoms in total. The standard InChI is InChI=1S/C13H13N5O2S/c1-2-9(4-5-14)17-11(19)10-8-20-13(18-10)21-12-15-6-3-7-16-12/h3,6-9H,2,4H2,1H3,(H,17,19). The van der Waals surface area contributed by atoms with E-state index in [-0.39, 0.29) is 24.1 Å². The molecule has 1 amide bonds. The molecule has 2 heterocycles. The lowest BCUT2D eigenvalue weighted by Gasteiger charge is -2.11. The Morgan fingerprint density at radius 2 is 2.29 bits per heavy atom. The zero-order chi connectivity index (χ0) is 15.1. The number of oxazole rings is 1. The summed E-state index contributed by atoms with van der Waals surface area (Å²) in [7, 11) is 0. The Labute approximate surface area is 125 Å². The molecule has 0 spiro atoms. The summed E-state index contributed by atoms with van der Waals surface area (Å²) in [5.41, 5.74) is 0.171. The van der Waals surface area contributed by atoms with Crippen LogP contribution in [0.5, 0.6) is 0 Å². The van der Waals surface area contributed by atoms with Crippen molar-refractivity contribution in [3.63, 3.8) is 0 Å². The zero-order valence-electron chi connectivity index (χ0n) is 11.3. The van der Waals surface area contributed by atoms with Gasteiger partial charge in [-0.15, -0.1) is 0 Å². The van der Waals surface area contributed by atoms with Crippen molar-refractivity contribution in [1.29, 1.82) is 5.26 Å². The van der Waals surface area contributed by atoms with Crippen LogP contribution in [-0.4, -0.2) is 26.9 Å². The summed E-state index contributed by atoms with van der Waals surface area (Å²) >= 11 is 1.13. The topological polar surface area (TPSA) is 105 Å². The van der Waals surface area contributed by atoms with Gasteiger partial charge in [0.05, 0.1) is 12.5 Å². The smallest absolute Gasteiger partial charge is 0.273 e. The molecule has 0 aliphatic rings. The molecule has 8 heteroatoms. The van der Waals surface area contributed by atoms with Crippen LogP contribution in [-0.2, 0) is 0 Å². The Morgan fingerprint density at radius 3 is 2.95 bits per heavy atom. The van der Waals surface area contributed by atoms with Gasteiger partial charge in [0.1, 0.15) is 6.26 Å². The third-order valence-electron chi connectivity index (χ3n) is 2.60. The minimum absolute atomic E-state index is 0.171. The predicted octanol–water partition coefficient (Wildman–Crippen LogP) is 2.04. The molecule has 1 atom stereocenters. The molecule has 2 rings (SSSR count). The van der Waals surface area contributed by atoms with Crippen molar-refractivity contribution >= 4 is 17.7 Å². The van der Waals surface area contributed by atoms with Gasteiger partial charge in [0.15, 0.2) is 10.9 Å². The number of nitriles is 1. The number of hydrogen-bond acceptors (Lipinski definition) is 7. The Bertz CT molecular complexity index is 638. The second-order valence-electron chi connectivity index (χ2n) is 4.07. The van der Waals surface area contributed by atoms with Crippen molar-refractivity contribution in [2.75, 3.05) is 0 Å². The van der Waals surface area contributed by atoms with Crippen molar-refractivity contribution in [3.8, 4) is 6.07 Å². The number of aromatic nitrogens is 3. The second kappa shape index (κ2) is 7.40. The molecular formula is C13H13N5O2S. The molecular weight excluding hydrogens is 290 g/mol. The third-order valence-corrected chi connectivity index (χ3v) is 3.36. The molecule has 0 aromatic carbocycles. The second-order valence-corrected chi connectivity index (χ2v) is 4.99. The lowest BCUT2D eigenvalue weighted by Crippen LogP contribution is -2.34. The number of nitrogens with one attached hydrogen (secondary N) is 1. The Hall–Kier alpha value is -2.40. The first-order valence-electron chi connectivity index (χ1n) is 6.31. The summed E-state index contributed by atoms with van der Waals surface area (Å²) in [6.45, 7) is 1.90. The third kappa shape index (κ3) is 4.29. The molecule has 0 fully saturated rings. The van der Waals surface area contributed by atoms with Gasteiger partial charge in [-0.2, -0.15) is 10.2 Å². The maximum Gasteiger partial charge on any atom is 0.273 e. The molecule has 108 valence electrons. The van der Waals surface area contributed by atoms with Gasteiger partial charge in [-0.3, -0.25) is 4.79 Å². The fourth-order valence-electron chi connectivity index (χ4n) is 1.49. The molecule has 2 aromatic rings. The van der Waals surface area contributed by atoms with Crippen LogP contribution < -0.4 is 5.32 Å². The molecule has 0 aliphatic carbocycles. The summed E-state index contributed by atoms with van der Waals surface area (Å²) in [5, 5.41) is 12.2. The molecule has 21 heavy (non-hydrogen) atoms. The first-order chi connectivity index (χ1) is 10.2. The summed E-state index contributed by atoms with van der Waals surface area (Å²) in [6.07, 6.45) is 5.44. The highest BCUT2D eigenvalue weighted by molar-refractivity contribution is 7.98. The van der Waals surface area contributed by atoms with E-state index in [0.717, 1.165) is 11.8 Å². The van der Waals surface area contributed by atoms with E-state index in [9.17, 15) is 4.79 Å². The quantitative estimate of drug-likeness (QED) is 0.814. The van der Waals surface area contributed by atoms with E-state index in [2.05, 4.69) is 20.3 Å². The Kier molecular flexibility index (Phi) is 5.29. The van der Waals surface area contributed by atoms with Gasteiger partial charge in [0.25, 0.3) is 11.1 Å². The van der Waals surface area contributed by atoms with Crippen molar-refractivity contribution < 1.29 is 9.21 Å². The number of carbonyl (C=O) groups is 1. The van der Waals surface area contributed by atoms with Gasteiger partial charge in [-0.05, 0) is 12.5 Å². The molecule has 1 N–H and O–H groups in total. The van der Waals surface area contributed by atoms with Crippen LogP contribution in [0.4, 0.5) is 0 Å². The summed E-state index contributed by atoms with van der Waals surface area (Å²) in [5.74, 6) is -0.360. The normalized spacial score (nSPS) is 11.6. The Balaban J connectivity index is 1.99. The van der Waals surface area contributed by atoms with Crippen LogP contribution in [0.2, 0.25) is 0 Å². The summed E-state index contributed by atoms with van der Waals surface area (Å²) < 4.78 is 5.21. The number of carbonyl (C=O) groups excluding carboxylic acids is 1. The summed E-state index contributed by atoms with van der Waals surface area (Å²) in [4.78, 5) is 24.1. The van der Waals surface area contributed by atoms with Gasteiger partial charge in [0.2, 0.25) is 0 Å². The van der Waals surface area contributed by atoms with Crippen LogP contribution in [0, 0.1) is 11.3 Å². The highest BCUT2D eigenvalue weighted by Gasteiger charge is 2.16. The predicted molar refractivity (Wildman–Crippen MR) is 74.4 cm³/mol. The Morgan fingerprint density at radius 1 is 1.52 bits per heavy atom. The van der Waals surface area contributed by atoms with Gasteiger partial charge < -0.3 is 9.73 Å². The van der Waals surface area contributed by atoms with Crippen LogP contribution >= 0.6 is 11.8 Å². The number of hydrogen-bond donors (Lipinski definition) is 1. The van der Waals surface area contributed by atoms with Crippen LogP contribution in [0.1, 0.15) is 30.3 Å². The largest absolute Gasteiger partial charge is 0.439 e. The van der Waals surface area contributed by atoms with E-state index >= 15 is 0 Å². The maximum atomic E-state index is 12.0. The van der Waals surface area contributed by atoms with E-state index in [1.165, 1.54) is 6.26 Å². The van der Waals surface area contributed by atoms with Crippen molar-refractivity contribution in [3.05, 3.63) is 30.4 Å². The van der Waals surface area contributed by atoms with E-state index < -0.39 is 0 Å². The lowest BCUT2D eigenvalue weighted by atomic mass is 10.1. The van der Waals surface area contributed by atoms with Crippen molar-refractivity contribution in [2.45, 2.75) is 36.2 Å². The minimum atomic E-state index is -0.360. The average Bonchev–Trinajstić information content (AvgIpc) is 2.96. The first-order valence-corrected chi connectivity index (χ1v) is 7.12. The highest BCUT2D eigenvalue weighted by Crippen LogP contribution is 2.22. The number of rotatable bonds is 6. The van der Waals surface area contributed by atoms with Crippen LogP contribution in [0.15, 0.2) is 39.5 Å². The van der Waals surface area contributed by atoms with Gasteiger partial charge in [0, 0.05) is 30.2 Å². The van der Waals surface area contributed by atoms with E-state index in [4.69, 9.17) is 9.68 Å². The van der Waals surface area contributed by atoms with Crippen molar-refractivity contribution in [1.82, 2.24) is 20.3 Å². The van der Waals surface area contributed by atoms with Gasteiger partial charge >= 0.3 is 0 Å². The van der Waals surface area contributed by atoms with E-state index in [0.29, 0.717) is 16.8 Å². The molecule has 0 bridgehead atoms. The molecule has 0 saturated carbocycles. The number of amides is 1. The molecule has 0 saturated heterocycles.